The van der Waals surface area contributed by atoms with Gasteiger partial charge in [0.05, 0.1) is 6.04 Å². The minimum Gasteiger partial charge on any atom is -0.349 e. The zero-order valence-corrected chi connectivity index (χ0v) is 21.3. The molecule has 3 aliphatic rings. The number of fused-ring (bicyclic) bond motifs is 2. The molecule has 2 aromatic rings. The zero-order chi connectivity index (χ0) is 32.1. The summed E-state index contributed by atoms with van der Waals surface area (Å²) in [4.78, 5) is 15.6. The molecule has 3 heterocycles. The van der Waals surface area contributed by atoms with Gasteiger partial charge in [-0.3, -0.25) is 9.69 Å². The summed E-state index contributed by atoms with van der Waals surface area (Å²) < 4.78 is 85.3. The number of carbonyl (C=O) groups excluding carboxylic acids is 1. The molecule has 0 spiro atoms. The third kappa shape index (κ3) is 5.74. The molecule has 37 heavy (non-hydrogen) atoms. The Balaban J connectivity index is 1.31. The first-order chi connectivity index (χ1) is 20.5. The molecule has 4 unspecified atom stereocenters. The van der Waals surface area contributed by atoms with Gasteiger partial charge in [-0.25, -0.2) is 8.78 Å². The van der Waals surface area contributed by atoms with Crippen molar-refractivity contribution in [2.45, 2.75) is 114 Å². The summed E-state index contributed by atoms with van der Waals surface area (Å²) >= 11 is 0. The third-order valence-electron chi connectivity index (χ3n) is 8.54. The zero-order valence-electron chi connectivity index (χ0n) is 28.3. The van der Waals surface area contributed by atoms with Gasteiger partial charge in [0.1, 0.15) is 11.6 Å². The number of alkyl halides is 2. The first-order valence-corrected chi connectivity index (χ1v) is 13.4. The summed E-state index contributed by atoms with van der Waals surface area (Å²) in [5, 5.41) is 11.0. The van der Waals surface area contributed by atoms with E-state index >= 15 is 0 Å². The molecule has 4 atom stereocenters. The average molecular weight is 521 g/mol. The lowest BCUT2D eigenvalue weighted by molar-refractivity contribution is -0.130. The van der Waals surface area contributed by atoms with E-state index in [1.807, 2.05) is 30.3 Å². The van der Waals surface area contributed by atoms with Crippen LogP contribution in [0.15, 0.2) is 30.3 Å². The molecule has 2 saturated heterocycles. The molecule has 1 saturated carbocycles. The van der Waals surface area contributed by atoms with Crippen molar-refractivity contribution in [3.63, 3.8) is 0 Å². The quantitative estimate of drug-likeness (QED) is 0.467. The summed E-state index contributed by atoms with van der Waals surface area (Å²) in [5.74, 6) is -5.93. The Bertz CT molecular complexity index is 1290. The Morgan fingerprint density at radius 2 is 1.84 bits per heavy atom. The topological polar surface area (TPSA) is 63.1 Å². The smallest absolute Gasteiger partial charge is 0.248 e. The van der Waals surface area contributed by atoms with Crippen molar-refractivity contribution in [3.05, 3.63) is 47.5 Å². The predicted molar refractivity (Wildman–Crippen MR) is 139 cm³/mol. The molecule has 2 bridgehead atoms. The van der Waals surface area contributed by atoms with E-state index in [0.29, 0.717) is 25.8 Å². The molecular weight excluding hydrogens is 472 g/mol. The van der Waals surface area contributed by atoms with E-state index in [1.54, 1.807) is 0 Å². The second-order valence-corrected chi connectivity index (χ2v) is 11.0. The normalized spacial score (nSPS) is 32.0. The average Bonchev–Trinajstić information content (AvgIpc) is 3.49. The van der Waals surface area contributed by atoms with E-state index in [9.17, 15) is 13.6 Å². The van der Waals surface area contributed by atoms with Crippen LogP contribution >= 0.6 is 0 Å². The first kappa shape index (κ1) is 18.8. The van der Waals surface area contributed by atoms with Gasteiger partial charge in [0.15, 0.2) is 0 Å². The maximum Gasteiger partial charge on any atom is 0.248 e. The first-order valence-electron chi connectivity index (χ1n) is 16.9. The molecule has 1 N–H and O–H groups in total. The minimum atomic E-state index is -2.74. The van der Waals surface area contributed by atoms with Crippen LogP contribution in [0.1, 0.15) is 116 Å². The Hall–Kier alpha value is -2.35. The molecule has 202 valence electrons. The lowest BCUT2D eigenvalue weighted by atomic mass is 9.86. The number of halogens is 2. The van der Waals surface area contributed by atoms with E-state index in [1.165, 1.54) is 11.5 Å². The lowest BCUT2D eigenvalue weighted by Gasteiger charge is -2.40. The molecule has 3 fully saturated rings. The van der Waals surface area contributed by atoms with Crippen molar-refractivity contribution >= 4 is 5.91 Å². The number of amides is 1. The van der Waals surface area contributed by atoms with Crippen LogP contribution in [0.4, 0.5) is 8.78 Å². The van der Waals surface area contributed by atoms with Crippen molar-refractivity contribution in [2.24, 2.45) is 5.92 Å². The molecule has 5 rings (SSSR count). The van der Waals surface area contributed by atoms with E-state index in [0.717, 1.165) is 18.4 Å². The highest BCUT2D eigenvalue weighted by Crippen LogP contribution is 2.42. The van der Waals surface area contributed by atoms with E-state index in [4.69, 9.17) is 9.60 Å². The highest BCUT2D eigenvalue weighted by Gasteiger charge is 2.42. The highest BCUT2D eigenvalue weighted by atomic mass is 19.3. The van der Waals surface area contributed by atoms with Gasteiger partial charge in [0, 0.05) is 58.9 Å². The molecule has 2 aliphatic heterocycles. The summed E-state index contributed by atoms with van der Waals surface area (Å²) in [6, 6.07) is 9.14. The second kappa shape index (κ2) is 10.8. The van der Waals surface area contributed by atoms with Gasteiger partial charge in [0.25, 0.3) is 0 Å². The summed E-state index contributed by atoms with van der Waals surface area (Å²) in [7, 11) is 0. The van der Waals surface area contributed by atoms with Gasteiger partial charge < -0.3 is 9.88 Å². The Labute approximate surface area is 229 Å². The van der Waals surface area contributed by atoms with Crippen molar-refractivity contribution in [1.29, 1.82) is 0 Å². The molecule has 0 radical (unpaired) electrons. The van der Waals surface area contributed by atoms with E-state index < -0.39 is 31.4 Å². The maximum absolute atomic E-state index is 13.7. The van der Waals surface area contributed by atoms with Gasteiger partial charge >= 0.3 is 0 Å². The number of piperidine rings is 1. The number of rotatable bonds is 8. The van der Waals surface area contributed by atoms with Crippen LogP contribution in [-0.4, -0.2) is 50.1 Å². The van der Waals surface area contributed by atoms with Crippen molar-refractivity contribution < 1.29 is 23.2 Å². The predicted octanol–water partition coefficient (Wildman–Crippen LogP) is 5.95. The molecule has 1 amide bonds. The summed E-state index contributed by atoms with van der Waals surface area (Å²) in [6.07, 6.45) is 3.28. The maximum atomic E-state index is 13.7. The number of hydrogen-bond acceptors (Lipinski definition) is 4. The SMILES string of the molecule is [2H]C([2H])([2H])c1nnc(C([2H])(C)C([2H])([2H])[2H])n1C1CC2CCC(C1)N2CCC(NC(=O)C1CCC(F)(F)CC1)c1ccccc1. The molecular formula is C29H41F2N5O. The highest BCUT2D eigenvalue weighted by molar-refractivity contribution is 5.79. The Morgan fingerprint density at radius 3 is 2.49 bits per heavy atom. The lowest BCUT2D eigenvalue weighted by Crippen LogP contribution is -2.45. The largest absolute Gasteiger partial charge is 0.349 e. The van der Waals surface area contributed by atoms with Gasteiger partial charge in [-0.2, -0.15) is 0 Å². The van der Waals surface area contributed by atoms with Crippen LogP contribution in [0.3, 0.4) is 0 Å². The minimum absolute atomic E-state index is 0.0934. The number of benzene rings is 1. The Kier molecular flexibility index (Phi) is 5.49. The number of carbonyl (C=O) groups is 1. The monoisotopic (exact) mass is 520 g/mol. The number of nitrogens with one attached hydrogen (secondary N) is 1. The fourth-order valence-electron chi connectivity index (χ4n) is 6.59. The molecule has 1 aromatic heterocycles. The van der Waals surface area contributed by atoms with Crippen LogP contribution < -0.4 is 5.32 Å². The summed E-state index contributed by atoms with van der Waals surface area (Å²) in [6.45, 7) is -3.47. The van der Waals surface area contributed by atoms with E-state index in [-0.39, 0.29) is 67.4 Å². The summed E-state index contributed by atoms with van der Waals surface area (Å²) in [5.41, 5.74) is 0.945. The Morgan fingerprint density at radius 1 is 1.14 bits per heavy atom. The third-order valence-corrected chi connectivity index (χ3v) is 8.54. The van der Waals surface area contributed by atoms with Gasteiger partial charge in [-0.15, -0.1) is 10.2 Å². The molecule has 1 aromatic carbocycles. The van der Waals surface area contributed by atoms with Crippen LogP contribution in [0.5, 0.6) is 0 Å². The number of nitrogens with zero attached hydrogens (tertiary/aromatic N) is 4. The number of aromatic nitrogens is 3. The molecule has 8 heteroatoms. The standard InChI is InChI=1S/C29H41F2N5O/c1-19(2)27-34-33-20(3)36(27)25-17-23-9-10-24(18-25)35(23)16-13-26(21-7-5-4-6-8-21)32-28(37)22-11-14-29(30,31)15-12-22/h4-8,19,22-26H,9-18H2,1-3H3,(H,32,37)/i1D3,3D3,19D. The van der Waals surface area contributed by atoms with Crippen molar-refractivity contribution in [1.82, 2.24) is 25.0 Å². The van der Waals surface area contributed by atoms with Crippen LogP contribution in [0.25, 0.3) is 0 Å². The van der Waals surface area contributed by atoms with Crippen molar-refractivity contribution in [3.8, 4) is 0 Å². The second-order valence-electron chi connectivity index (χ2n) is 11.0. The van der Waals surface area contributed by atoms with E-state index in [2.05, 4.69) is 20.4 Å². The van der Waals surface area contributed by atoms with Gasteiger partial charge in [-0.05, 0) is 57.4 Å². The van der Waals surface area contributed by atoms with Crippen LogP contribution in [-0.2, 0) is 4.79 Å². The number of hydrogen-bond donors (Lipinski definition) is 1. The molecule has 6 nitrogen and oxygen atoms in total. The van der Waals surface area contributed by atoms with Gasteiger partial charge in [-0.1, -0.05) is 44.1 Å². The van der Waals surface area contributed by atoms with Crippen molar-refractivity contribution in [2.75, 3.05) is 6.54 Å². The molecule has 1 aliphatic carbocycles. The fraction of sp³-hybridized carbons (Fsp3) is 0.690. The number of aryl methyl sites for hydroxylation is 1. The van der Waals surface area contributed by atoms with Gasteiger partial charge in [0.2, 0.25) is 11.8 Å². The fourth-order valence-corrected chi connectivity index (χ4v) is 6.59. The van der Waals surface area contributed by atoms with Crippen LogP contribution in [0, 0.1) is 12.8 Å². The van der Waals surface area contributed by atoms with Crippen LogP contribution in [0.2, 0.25) is 0 Å².